The molecule has 0 bridgehead atoms. The van der Waals surface area contributed by atoms with E-state index in [1.54, 1.807) is 6.33 Å². The van der Waals surface area contributed by atoms with E-state index in [1.165, 1.54) is 5.69 Å². The average molecular weight is 273 g/mol. The Morgan fingerprint density at radius 2 is 2.35 bits per heavy atom. The molecule has 1 atom stereocenters. The van der Waals surface area contributed by atoms with Crippen molar-refractivity contribution in [3.8, 4) is 0 Å². The van der Waals surface area contributed by atoms with Gasteiger partial charge < -0.3 is 14.9 Å². The van der Waals surface area contributed by atoms with Gasteiger partial charge in [-0.1, -0.05) is 0 Å². The number of aromatic nitrogens is 4. The first kappa shape index (κ1) is 12.9. The van der Waals surface area contributed by atoms with Gasteiger partial charge in [-0.25, -0.2) is 9.97 Å². The monoisotopic (exact) mass is 273 g/mol. The largest absolute Gasteiger partial charge is 0.350 e. The molecule has 0 saturated carbocycles. The van der Waals surface area contributed by atoms with Crippen molar-refractivity contribution in [1.29, 1.82) is 0 Å². The van der Waals surface area contributed by atoms with Crippen LogP contribution < -0.4 is 5.32 Å². The summed E-state index contributed by atoms with van der Waals surface area (Å²) in [6.45, 7) is 5.15. The van der Waals surface area contributed by atoms with Gasteiger partial charge in [0.05, 0.1) is 24.5 Å². The van der Waals surface area contributed by atoms with Gasteiger partial charge in [0.2, 0.25) is 5.91 Å². The van der Waals surface area contributed by atoms with Gasteiger partial charge in [-0.15, -0.1) is 0 Å². The first-order valence-corrected chi connectivity index (χ1v) is 6.92. The molecule has 2 N–H and O–H groups in total. The third kappa shape index (κ3) is 2.33. The Morgan fingerprint density at radius 3 is 3.10 bits per heavy atom. The van der Waals surface area contributed by atoms with Crippen LogP contribution >= 0.6 is 0 Å². The number of fused-ring (bicyclic) bond motifs is 1. The van der Waals surface area contributed by atoms with Crippen molar-refractivity contribution in [3.05, 3.63) is 35.4 Å². The lowest BCUT2D eigenvalue weighted by Gasteiger charge is -2.24. The maximum atomic E-state index is 12.3. The van der Waals surface area contributed by atoms with E-state index in [9.17, 15) is 4.79 Å². The number of hydrogen-bond donors (Lipinski definition) is 2. The quantitative estimate of drug-likeness (QED) is 0.879. The molecule has 0 aromatic carbocycles. The molecule has 1 aliphatic rings. The van der Waals surface area contributed by atoms with Crippen LogP contribution in [0.25, 0.3) is 0 Å². The molecule has 2 aromatic heterocycles. The maximum Gasteiger partial charge on any atom is 0.225 e. The van der Waals surface area contributed by atoms with Crippen molar-refractivity contribution < 1.29 is 4.79 Å². The number of aromatic amines is 1. The van der Waals surface area contributed by atoms with Crippen LogP contribution in [0, 0.1) is 19.8 Å². The number of rotatable bonds is 3. The van der Waals surface area contributed by atoms with Crippen LogP contribution in [-0.2, 0) is 24.3 Å². The summed E-state index contributed by atoms with van der Waals surface area (Å²) in [5.74, 6) is 1.11. The molecular formula is C14H19N5O. The average Bonchev–Trinajstić information content (AvgIpc) is 3.03. The highest BCUT2D eigenvalue weighted by Gasteiger charge is 2.25. The van der Waals surface area contributed by atoms with Crippen LogP contribution in [0.2, 0.25) is 0 Å². The Hall–Kier alpha value is -2.11. The van der Waals surface area contributed by atoms with Crippen molar-refractivity contribution in [3.63, 3.8) is 0 Å². The van der Waals surface area contributed by atoms with Gasteiger partial charge in [0.25, 0.3) is 0 Å². The molecule has 3 rings (SSSR count). The normalized spacial score (nSPS) is 17.8. The molecule has 0 spiro atoms. The fourth-order valence-corrected chi connectivity index (χ4v) is 2.69. The summed E-state index contributed by atoms with van der Waals surface area (Å²) in [7, 11) is 0. The number of carbonyl (C=O) groups excluding carboxylic acids is 1. The topological polar surface area (TPSA) is 75.6 Å². The molecule has 6 nitrogen and oxygen atoms in total. The zero-order valence-corrected chi connectivity index (χ0v) is 11.8. The van der Waals surface area contributed by atoms with Gasteiger partial charge in [-0.05, 0) is 26.7 Å². The van der Waals surface area contributed by atoms with Crippen molar-refractivity contribution in [2.75, 3.05) is 0 Å². The number of amides is 1. The van der Waals surface area contributed by atoms with E-state index < -0.39 is 0 Å². The summed E-state index contributed by atoms with van der Waals surface area (Å²) in [6.07, 6.45) is 5.37. The van der Waals surface area contributed by atoms with E-state index in [2.05, 4.69) is 24.8 Å². The number of nitrogens with zero attached hydrogens (tertiary/aromatic N) is 3. The summed E-state index contributed by atoms with van der Waals surface area (Å²) >= 11 is 0. The predicted octanol–water partition coefficient (Wildman–Crippen LogP) is 1.10. The molecule has 6 heteroatoms. The van der Waals surface area contributed by atoms with Gasteiger partial charge in [-0.2, -0.15) is 0 Å². The Kier molecular flexibility index (Phi) is 3.30. The zero-order valence-electron chi connectivity index (χ0n) is 11.8. The number of aryl methyl sites for hydroxylation is 3. The lowest BCUT2D eigenvalue weighted by atomic mass is 9.97. The zero-order chi connectivity index (χ0) is 14.1. The summed E-state index contributed by atoms with van der Waals surface area (Å²) in [5.41, 5.74) is 3.13. The molecule has 1 amide bonds. The molecule has 3 heterocycles. The smallest absolute Gasteiger partial charge is 0.225 e. The second-order valence-electron chi connectivity index (χ2n) is 5.33. The van der Waals surface area contributed by atoms with E-state index in [0.717, 1.165) is 36.6 Å². The number of carbonyl (C=O) groups is 1. The standard InChI is InChI=1S/C14H19N5O/c1-9-13(18-8-17-9)6-16-14(20)11-3-4-12-5-15-10(2)19(12)7-11/h5,8,11H,3-4,6-7H2,1-2H3,(H,16,20)(H,17,18). The molecular weight excluding hydrogens is 254 g/mol. The SMILES string of the molecule is Cc1[nH]cnc1CNC(=O)C1CCc2cnc(C)n2C1. The fourth-order valence-electron chi connectivity index (χ4n) is 2.69. The van der Waals surface area contributed by atoms with Crippen LogP contribution in [0.15, 0.2) is 12.5 Å². The van der Waals surface area contributed by atoms with Gasteiger partial charge in [-0.3, -0.25) is 4.79 Å². The third-order valence-electron chi connectivity index (χ3n) is 4.02. The Balaban J connectivity index is 1.62. The van der Waals surface area contributed by atoms with Crippen molar-refractivity contribution in [2.24, 2.45) is 5.92 Å². The Labute approximate surface area is 117 Å². The summed E-state index contributed by atoms with van der Waals surface area (Å²) in [6, 6.07) is 0. The van der Waals surface area contributed by atoms with E-state index >= 15 is 0 Å². The van der Waals surface area contributed by atoms with Crippen LogP contribution in [0.5, 0.6) is 0 Å². The molecule has 20 heavy (non-hydrogen) atoms. The minimum Gasteiger partial charge on any atom is -0.350 e. The molecule has 0 saturated heterocycles. The lowest BCUT2D eigenvalue weighted by Crippen LogP contribution is -2.36. The minimum absolute atomic E-state index is 0.0228. The van der Waals surface area contributed by atoms with Gasteiger partial charge in [0.1, 0.15) is 5.82 Å². The fraction of sp³-hybridized carbons (Fsp3) is 0.500. The van der Waals surface area contributed by atoms with Gasteiger partial charge >= 0.3 is 0 Å². The number of hydrogen-bond acceptors (Lipinski definition) is 3. The maximum absolute atomic E-state index is 12.3. The Bertz CT molecular complexity index is 627. The highest BCUT2D eigenvalue weighted by molar-refractivity contribution is 5.78. The summed E-state index contributed by atoms with van der Waals surface area (Å²) in [5, 5.41) is 2.98. The number of nitrogens with one attached hydrogen (secondary N) is 2. The first-order valence-electron chi connectivity index (χ1n) is 6.92. The van der Waals surface area contributed by atoms with E-state index in [0.29, 0.717) is 6.54 Å². The molecule has 1 unspecified atom stereocenters. The lowest BCUT2D eigenvalue weighted by molar-refractivity contribution is -0.126. The highest BCUT2D eigenvalue weighted by atomic mass is 16.1. The number of H-pyrrole nitrogens is 1. The summed E-state index contributed by atoms with van der Waals surface area (Å²) < 4.78 is 2.15. The molecule has 0 aliphatic carbocycles. The second-order valence-corrected chi connectivity index (χ2v) is 5.33. The van der Waals surface area contributed by atoms with E-state index in [-0.39, 0.29) is 11.8 Å². The minimum atomic E-state index is 0.0228. The molecule has 2 aromatic rings. The van der Waals surface area contributed by atoms with Crippen LogP contribution in [-0.4, -0.2) is 25.4 Å². The second kappa shape index (κ2) is 5.11. The highest BCUT2D eigenvalue weighted by Crippen LogP contribution is 2.21. The van der Waals surface area contributed by atoms with Gasteiger partial charge in [0.15, 0.2) is 0 Å². The van der Waals surface area contributed by atoms with Crippen molar-refractivity contribution in [1.82, 2.24) is 24.8 Å². The molecule has 106 valence electrons. The van der Waals surface area contributed by atoms with E-state index in [4.69, 9.17) is 0 Å². The first-order chi connectivity index (χ1) is 9.65. The summed E-state index contributed by atoms with van der Waals surface area (Å²) in [4.78, 5) is 23.8. The van der Waals surface area contributed by atoms with Crippen LogP contribution in [0.4, 0.5) is 0 Å². The van der Waals surface area contributed by atoms with Crippen molar-refractivity contribution in [2.45, 2.75) is 39.8 Å². The van der Waals surface area contributed by atoms with E-state index in [1.807, 2.05) is 20.0 Å². The van der Waals surface area contributed by atoms with Crippen LogP contribution in [0.3, 0.4) is 0 Å². The Morgan fingerprint density at radius 1 is 1.50 bits per heavy atom. The van der Waals surface area contributed by atoms with Gasteiger partial charge in [0, 0.05) is 24.1 Å². The predicted molar refractivity (Wildman–Crippen MR) is 73.9 cm³/mol. The molecule has 1 aliphatic heterocycles. The van der Waals surface area contributed by atoms with Crippen LogP contribution in [0.1, 0.15) is 29.3 Å². The third-order valence-corrected chi connectivity index (χ3v) is 4.02. The number of imidazole rings is 2. The molecule has 0 fully saturated rings. The molecule has 0 radical (unpaired) electrons. The van der Waals surface area contributed by atoms with Crippen molar-refractivity contribution >= 4 is 5.91 Å².